The molecule has 0 bridgehead atoms. The molecule has 5 nitrogen and oxygen atoms in total. The lowest BCUT2D eigenvalue weighted by molar-refractivity contribution is -0.122. The Morgan fingerprint density at radius 2 is 2.05 bits per heavy atom. The minimum Gasteiger partial charge on any atom is -0.508 e. The van der Waals surface area contributed by atoms with Gasteiger partial charge in [-0.15, -0.1) is 0 Å². The van der Waals surface area contributed by atoms with E-state index in [1.165, 1.54) is 0 Å². The first-order valence-corrected chi connectivity index (χ1v) is 6.33. The number of aromatic hydroxyl groups is 1. The molecule has 0 aromatic heterocycles. The van der Waals surface area contributed by atoms with Gasteiger partial charge in [0.15, 0.2) is 0 Å². The summed E-state index contributed by atoms with van der Waals surface area (Å²) in [6.45, 7) is 3.15. The maximum atomic E-state index is 11.8. The van der Waals surface area contributed by atoms with Crippen molar-refractivity contribution in [3.63, 3.8) is 0 Å². The van der Waals surface area contributed by atoms with Crippen LogP contribution in [0.2, 0.25) is 0 Å². The number of benzene rings is 1. The van der Waals surface area contributed by atoms with Gasteiger partial charge in [-0.3, -0.25) is 4.79 Å². The number of nitrogens with one attached hydrogen (secondary N) is 1. The van der Waals surface area contributed by atoms with E-state index in [1.54, 1.807) is 31.4 Å². The van der Waals surface area contributed by atoms with Gasteiger partial charge in [0.05, 0.1) is 12.6 Å². The third-order valence-corrected chi connectivity index (χ3v) is 2.80. The minimum absolute atomic E-state index is 0.170. The monoisotopic (exact) mass is 266 g/mol. The average molecular weight is 266 g/mol. The van der Waals surface area contributed by atoms with Crippen molar-refractivity contribution in [3.05, 3.63) is 29.8 Å². The fourth-order valence-corrected chi connectivity index (χ4v) is 1.73. The van der Waals surface area contributed by atoms with Crippen molar-refractivity contribution in [1.29, 1.82) is 0 Å². The molecule has 0 aliphatic heterocycles. The molecule has 0 spiro atoms. The van der Waals surface area contributed by atoms with Gasteiger partial charge in [0, 0.05) is 13.7 Å². The molecule has 0 heterocycles. The molecular weight excluding hydrogens is 244 g/mol. The molecule has 0 saturated carbocycles. The first-order valence-electron chi connectivity index (χ1n) is 6.33. The second-order valence-electron chi connectivity index (χ2n) is 4.78. The van der Waals surface area contributed by atoms with E-state index in [0.29, 0.717) is 19.6 Å². The third kappa shape index (κ3) is 5.72. The van der Waals surface area contributed by atoms with Crippen molar-refractivity contribution in [3.8, 4) is 5.75 Å². The van der Waals surface area contributed by atoms with Gasteiger partial charge in [-0.05, 0) is 30.0 Å². The van der Waals surface area contributed by atoms with Crippen LogP contribution in [0, 0.1) is 5.92 Å². The van der Waals surface area contributed by atoms with E-state index in [0.717, 1.165) is 5.56 Å². The van der Waals surface area contributed by atoms with Gasteiger partial charge in [0.2, 0.25) is 5.91 Å². The zero-order chi connectivity index (χ0) is 14.3. The zero-order valence-corrected chi connectivity index (χ0v) is 11.4. The maximum Gasteiger partial charge on any atom is 0.237 e. The molecule has 0 fully saturated rings. The fraction of sp³-hybridized carbons (Fsp3) is 0.500. The summed E-state index contributed by atoms with van der Waals surface area (Å²) in [5.41, 5.74) is 6.76. The van der Waals surface area contributed by atoms with Gasteiger partial charge in [-0.1, -0.05) is 19.1 Å². The van der Waals surface area contributed by atoms with E-state index in [2.05, 4.69) is 5.32 Å². The number of ether oxygens (including phenoxy) is 1. The molecule has 0 aliphatic rings. The lowest BCUT2D eigenvalue weighted by Crippen LogP contribution is -2.43. The Morgan fingerprint density at radius 3 is 2.63 bits per heavy atom. The first-order chi connectivity index (χ1) is 9.02. The number of phenolic OH excluding ortho intramolecular Hbond substituents is 1. The zero-order valence-electron chi connectivity index (χ0n) is 11.4. The fourth-order valence-electron chi connectivity index (χ4n) is 1.73. The lowest BCUT2D eigenvalue weighted by atomic mass is 10.1. The predicted molar refractivity (Wildman–Crippen MR) is 73.8 cm³/mol. The molecule has 4 N–H and O–H groups in total. The second-order valence-corrected chi connectivity index (χ2v) is 4.78. The van der Waals surface area contributed by atoms with Gasteiger partial charge in [0.1, 0.15) is 5.75 Å². The van der Waals surface area contributed by atoms with Crippen LogP contribution < -0.4 is 11.1 Å². The largest absolute Gasteiger partial charge is 0.508 e. The van der Waals surface area contributed by atoms with Gasteiger partial charge >= 0.3 is 0 Å². The number of methoxy groups -OCH3 is 1. The van der Waals surface area contributed by atoms with Crippen molar-refractivity contribution in [2.24, 2.45) is 11.7 Å². The topological polar surface area (TPSA) is 84.6 Å². The molecule has 1 amide bonds. The molecule has 0 aliphatic carbocycles. The number of carbonyl (C=O) groups excluding carboxylic acids is 1. The maximum absolute atomic E-state index is 11.8. The highest BCUT2D eigenvalue weighted by molar-refractivity contribution is 5.81. The predicted octanol–water partition coefficient (Wildman–Crippen LogP) is 0.661. The van der Waals surface area contributed by atoms with Crippen LogP contribution in [0.15, 0.2) is 24.3 Å². The molecule has 5 heteroatoms. The summed E-state index contributed by atoms with van der Waals surface area (Å²) in [4.78, 5) is 11.8. The Bertz CT molecular complexity index is 392. The normalized spacial score (nSPS) is 13.8. The smallest absolute Gasteiger partial charge is 0.237 e. The number of rotatable bonds is 7. The summed E-state index contributed by atoms with van der Waals surface area (Å²) < 4.78 is 5.00. The standard InChI is InChI=1S/C14H22N2O3/c1-10(9-19-2)8-16-14(18)13(15)7-11-3-5-12(17)6-4-11/h3-6,10,13,17H,7-9,15H2,1-2H3,(H,16,18). The Labute approximate surface area is 113 Å². The highest BCUT2D eigenvalue weighted by atomic mass is 16.5. The van der Waals surface area contributed by atoms with Crippen LogP contribution in [0.25, 0.3) is 0 Å². The van der Waals surface area contributed by atoms with Crippen LogP contribution in [0.5, 0.6) is 5.75 Å². The Hall–Kier alpha value is -1.59. The molecular formula is C14H22N2O3. The number of carbonyl (C=O) groups is 1. The van der Waals surface area contributed by atoms with E-state index in [4.69, 9.17) is 10.5 Å². The van der Waals surface area contributed by atoms with Crippen LogP contribution in [-0.4, -0.2) is 37.3 Å². The van der Waals surface area contributed by atoms with Crippen LogP contribution in [0.4, 0.5) is 0 Å². The van der Waals surface area contributed by atoms with E-state index in [9.17, 15) is 9.90 Å². The molecule has 1 rings (SSSR count). The van der Waals surface area contributed by atoms with E-state index in [1.807, 2.05) is 6.92 Å². The number of hydrogen-bond acceptors (Lipinski definition) is 4. The molecule has 0 saturated heterocycles. The van der Waals surface area contributed by atoms with Crippen molar-refractivity contribution in [1.82, 2.24) is 5.32 Å². The average Bonchev–Trinajstić information content (AvgIpc) is 2.39. The number of hydrogen-bond donors (Lipinski definition) is 3. The Kier molecular flexibility index (Phi) is 6.32. The van der Waals surface area contributed by atoms with Crippen LogP contribution in [0.1, 0.15) is 12.5 Å². The van der Waals surface area contributed by atoms with E-state index < -0.39 is 6.04 Å². The Balaban J connectivity index is 2.38. The van der Waals surface area contributed by atoms with Gasteiger partial charge in [0.25, 0.3) is 0 Å². The van der Waals surface area contributed by atoms with Crippen molar-refractivity contribution in [2.45, 2.75) is 19.4 Å². The van der Waals surface area contributed by atoms with Crippen molar-refractivity contribution < 1.29 is 14.6 Å². The minimum atomic E-state index is -0.584. The van der Waals surface area contributed by atoms with Gasteiger partial charge in [-0.2, -0.15) is 0 Å². The lowest BCUT2D eigenvalue weighted by Gasteiger charge is -2.15. The highest BCUT2D eigenvalue weighted by Gasteiger charge is 2.14. The molecule has 0 radical (unpaired) electrons. The second kappa shape index (κ2) is 7.76. The van der Waals surface area contributed by atoms with Crippen LogP contribution in [-0.2, 0) is 16.0 Å². The molecule has 2 atom stereocenters. The summed E-state index contributed by atoms with van der Waals surface area (Å²) in [5.74, 6) is 0.293. The van der Waals surface area contributed by atoms with Crippen molar-refractivity contribution >= 4 is 5.91 Å². The number of nitrogens with two attached hydrogens (primary N) is 1. The molecule has 106 valence electrons. The highest BCUT2D eigenvalue weighted by Crippen LogP contribution is 2.10. The third-order valence-electron chi connectivity index (χ3n) is 2.80. The Morgan fingerprint density at radius 1 is 1.42 bits per heavy atom. The summed E-state index contributed by atoms with van der Waals surface area (Å²) >= 11 is 0. The van der Waals surface area contributed by atoms with Gasteiger partial charge in [-0.25, -0.2) is 0 Å². The van der Waals surface area contributed by atoms with E-state index in [-0.39, 0.29) is 17.6 Å². The van der Waals surface area contributed by atoms with E-state index >= 15 is 0 Å². The number of amides is 1. The van der Waals surface area contributed by atoms with Crippen LogP contribution in [0.3, 0.4) is 0 Å². The SMILES string of the molecule is COCC(C)CNC(=O)C(N)Cc1ccc(O)cc1. The summed E-state index contributed by atoms with van der Waals surface area (Å²) in [5, 5.41) is 12.0. The quantitative estimate of drug-likeness (QED) is 0.677. The number of phenols is 1. The van der Waals surface area contributed by atoms with Crippen molar-refractivity contribution in [2.75, 3.05) is 20.3 Å². The summed E-state index contributed by atoms with van der Waals surface area (Å²) in [6, 6.07) is 6.10. The van der Waals surface area contributed by atoms with Crippen LogP contribution >= 0.6 is 0 Å². The summed E-state index contributed by atoms with van der Waals surface area (Å²) in [7, 11) is 1.63. The van der Waals surface area contributed by atoms with Gasteiger partial charge < -0.3 is 20.9 Å². The molecule has 2 unspecified atom stereocenters. The summed E-state index contributed by atoms with van der Waals surface area (Å²) in [6.07, 6.45) is 0.449. The molecule has 19 heavy (non-hydrogen) atoms. The molecule has 1 aromatic rings. The first kappa shape index (κ1) is 15.5. The molecule has 1 aromatic carbocycles.